The molecule has 1 aliphatic heterocycles. The van der Waals surface area contributed by atoms with Crippen molar-refractivity contribution < 1.29 is 19.1 Å². The fraction of sp³-hybridized carbons (Fsp3) is 0.348. The monoisotopic (exact) mass is 409 g/mol. The number of para-hydroxylation sites is 1. The quantitative estimate of drug-likeness (QED) is 0.697. The van der Waals surface area contributed by atoms with Gasteiger partial charge in [-0.25, -0.2) is 0 Å². The molecule has 1 saturated heterocycles. The summed E-state index contributed by atoms with van der Waals surface area (Å²) < 4.78 is 5.30. The van der Waals surface area contributed by atoms with Crippen molar-refractivity contribution in [1.82, 2.24) is 15.5 Å². The van der Waals surface area contributed by atoms with Crippen molar-refractivity contribution in [3.8, 4) is 5.75 Å². The van der Waals surface area contributed by atoms with Gasteiger partial charge in [0.25, 0.3) is 11.8 Å². The van der Waals surface area contributed by atoms with Crippen LogP contribution in [0.4, 0.5) is 0 Å². The van der Waals surface area contributed by atoms with Gasteiger partial charge in [0, 0.05) is 25.2 Å². The summed E-state index contributed by atoms with van der Waals surface area (Å²) in [5.74, 6) is -0.273. The van der Waals surface area contributed by atoms with Gasteiger partial charge in [0.1, 0.15) is 5.75 Å². The summed E-state index contributed by atoms with van der Waals surface area (Å²) in [4.78, 5) is 38.0. The number of imide groups is 1. The molecule has 1 heterocycles. The molecule has 0 aliphatic carbocycles. The highest BCUT2D eigenvalue weighted by atomic mass is 16.5. The van der Waals surface area contributed by atoms with E-state index in [0.717, 1.165) is 31.5 Å². The Kier molecular flexibility index (Phi) is 7.97. The van der Waals surface area contributed by atoms with Crippen LogP contribution in [0, 0.1) is 0 Å². The number of amides is 3. The maximum Gasteiger partial charge on any atom is 0.264 e. The van der Waals surface area contributed by atoms with E-state index in [2.05, 4.69) is 10.6 Å². The predicted octanol–water partition coefficient (Wildman–Crippen LogP) is 2.12. The second-order valence-electron chi connectivity index (χ2n) is 7.23. The van der Waals surface area contributed by atoms with Crippen LogP contribution in [0.25, 0.3) is 0 Å². The number of ether oxygens (including phenoxy) is 1. The number of rotatable bonds is 8. The summed E-state index contributed by atoms with van der Waals surface area (Å²) in [6.45, 7) is 1.90. The van der Waals surface area contributed by atoms with Crippen LogP contribution in [0.2, 0.25) is 0 Å². The number of hydrogen-bond acceptors (Lipinski definition) is 5. The Morgan fingerprint density at radius 1 is 0.867 bits per heavy atom. The summed E-state index contributed by atoms with van der Waals surface area (Å²) in [7, 11) is 0. The lowest BCUT2D eigenvalue weighted by Gasteiger charge is -2.26. The largest absolute Gasteiger partial charge is 0.484 e. The smallest absolute Gasteiger partial charge is 0.264 e. The third-order valence-electron chi connectivity index (χ3n) is 4.85. The van der Waals surface area contributed by atoms with Crippen LogP contribution in [0.3, 0.4) is 0 Å². The molecule has 0 radical (unpaired) electrons. The lowest BCUT2D eigenvalue weighted by Crippen LogP contribution is -2.39. The Morgan fingerprint density at radius 3 is 2.27 bits per heavy atom. The van der Waals surface area contributed by atoms with Gasteiger partial charge in [0.2, 0.25) is 5.91 Å². The SMILES string of the molecule is O=C(CNCc1ccc(C(=O)N2CCCCC2)cc1)NC(=O)COc1ccccc1. The molecule has 2 aromatic carbocycles. The summed E-state index contributed by atoms with van der Waals surface area (Å²) in [6, 6.07) is 16.3. The molecule has 0 unspecified atom stereocenters. The fourth-order valence-electron chi connectivity index (χ4n) is 3.27. The molecule has 3 rings (SSSR count). The molecule has 30 heavy (non-hydrogen) atoms. The Hall–Kier alpha value is -3.19. The average molecular weight is 409 g/mol. The van der Waals surface area contributed by atoms with Crippen molar-refractivity contribution in [2.75, 3.05) is 26.2 Å². The zero-order chi connectivity index (χ0) is 21.2. The van der Waals surface area contributed by atoms with E-state index in [1.54, 1.807) is 24.3 Å². The third-order valence-corrected chi connectivity index (χ3v) is 4.85. The molecule has 0 aromatic heterocycles. The predicted molar refractivity (Wildman–Crippen MR) is 113 cm³/mol. The van der Waals surface area contributed by atoms with E-state index in [0.29, 0.717) is 17.9 Å². The van der Waals surface area contributed by atoms with Crippen LogP contribution in [-0.2, 0) is 16.1 Å². The van der Waals surface area contributed by atoms with Crippen LogP contribution < -0.4 is 15.4 Å². The number of carbonyl (C=O) groups is 3. The van der Waals surface area contributed by atoms with Crippen LogP contribution >= 0.6 is 0 Å². The molecule has 1 aliphatic rings. The first-order valence-corrected chi connectivity index (χ1v) is 10.2. The highest BCUT2D eigenvalue weighted by Gasteiger charge is 2.17. The van der Waals surface area contributed by atoms with Gasteiger partial charge in [-0.2, -0.15) is 0 Å². The minimum Gasteiger partial charge on any atom is -0.484 e. The standard InChI is InChI=1S/C23H27N3O4/c27-21(25-22(28)17-30-20-7-3-1-4-8-20)16-24-15-18-9-11-19(12-10-18)23(29)26-13-5-2-6-14-26/h1,3-4,7-12,24H,2,5-6,13-17H2,(H,25,27,28). The van der Waals surface area contributed by atoms with E-state index in [-0.39, 0.29) is 19.1 Å². The molecule has 0 atom stereocenters. The molecule has 2 aromatic rings. The van der Waals surface area contributed by atoms with Crippen LogP contribution in [0.15, 0.2) is 54.6 Å². The van der Waals surface area contributed by atoms with Gasteiger partial charge in [-0.05, 0) is 49.1 Å². The van der Waals surface area contributed by atoms with Crippen molar-refractivity contribution in [3.05, 3.63) is 65.7 Å². The second kappa shape index (κ2) is 11.1. The lowest BCUT2D eigenvalue weighted by atomic mass is 10.1. The molecule has 0 saturated carbocycles. The third kappa shape index (κ3) is 6.70. The second-order valence-corrected chi connectivity index (χ2v) is 7.23. The first kappa shape index (κ1) is 21.5. The molecule has 0 bridgehead atoms. The van der Waals surface area contributed by atoms with Gasteiger partial charge in [0.15, 0.2) is 6.61 Å². The first-order valence-electron chi connectivity index (χ1n) is 10.2. The normalized spacial score (nSPS) is 13.5. The topological polar surface area (TPSA) is 87.7 Å². The minimum atomic E-state index is -0.494. The maximum absolute atomic E-state index is 12.5. The Morgan fingerprint density at radius 2 is 1.57 bits per heavy atom. The maximum atomic E-state index is 12.5. The van der Waals surface area contributed by atoms with Gasteiger partial charge in [-0.15, -0.1) is 0 Å². The number of likely N-dealkylation sites (tertiary alicyclic amines) is 1. The molecule has 3 amide bonds. The van der Waals surface area contributed by atoms with Gasteiger partial charge in [-0.1, -0.05) is 30.3 Å². The van der Waals surface area contributed by atoms with Crippen molar-refractivity contribution in [1.29, 1.82) is 0 Å². The zero-order valence-electron chi connectivity index (χ0n) is 16.9. The van der Waals surface area contributed by atoms with Crippen LogP contribution in [0.5, 0.6) is 5.75 Å². The van der Waals surface area contributed by atoms with E-state index in [1.165, 1.54) is 6.42 Å². The summed E-state index contributed by atoms with van der Waals surface area (Å²) in [5, 5.41) is 5.27. The van der Waals surface area contributed by atoms with Gasteiger partial charge in [-0.3, -0.25) is 19.7 Å². The molecule has 7 nitrogen and oxygen atoms in total. The van der Waals surface area contributed by atoms with E-state index < -0.39 is 11.8 Å². The van der Waals surface area contributed by atoms with E-state index in [4.69, 9.17) is 4.74 Å². The first-order chi connectivity index (χ1) is 14.6. The fourth-order valence-corrected chi connectivity index (χ4v) is 3.27. The molecule has 2 N–H and O–H groups in total. The van der Waals surface area contributed by atoms with Crippen LogP contribution in [-0.4, -0.2) is 48.9 Å². The van der Waals surface area contributed by atoms with Gasteiger partial charge >= 0.3 is 0 Å². The number of nitrogens with one attached hydrogen (secondary N) is 2. The zero-order valence-corrected chi connectivity index (χ0v) is 16.9. The number of hydrogen-bond donors (Lipinski definition) is 2. The number of benzene rings is 2. The van der Waals surface area contributed by atoms with E-state index in [9.17, 15) is 14.4 Å². The molecule has 0 spiro atoms. The molecule has 7 heteroatoms. The molecular formula is C23H27N3O4. The van der Waals surface area contributed by atoms with Crippen LogP contribution in [0.1, 0.15) is 35.2 Å². The van der Waals surface area contributed by atoms with Gasteiger partial charge in [0.05, 0.1) is 6.54 Å². The van der Waals surface area contributed by atoms with Crippen molar-refractivity contribution >= 4 is 17.7 Å². The summed E-state index contributed by atoms with van der Waals surface area (Å²) in [6.07, 6.45) is 3.32. The molecule has 158 valence electrons. The Bertz CT molecular complexity index is 847. The number of nitrogens with zero attached hydrogens (tertiary/aromatic N) is 1. The van der Waals surface area contributed by atoms with E-state index in [1.807, 2.05) is 35.2 Å². The van der Waals surface area contributed by atoms with Gasteiger partial charge < -0.3 is 15.0 Å². The highest BCUT2D eigenvalue weighted by Crippen LogP contribution is 2.14. The number of piperidine rings is 1. The summed E-state index contributed by atoms with van der Waals surface area (Å²) in [5.41, 5.74) is 1.64. The number of carbonyl (C=O) groups excluding carboxylic acids is 3. The Labute approximate surface area is 176 Å². The highest BCUT2D eigenvalue weighted by molar-refractivity contribution is 5.96. The summed E-state index contributed by atoms with van der Waals surface area (Å²) >= 11 is 0. The Balaban J connectivity index is 1.35. The van der Waals surface area contributed by atoms with E-state index >= 15 is 0 Å². The molecular weight excluding hydrogens is 382 g/mol. The molecule has 1 fully saturated rings. The van der Waals surface area contributed by atoms with Crippen molar-refractivity contribution in [2.24, 2.45) is 0 Å². The van der Waals surface area contributed by atoms with Crippen molar-refractivity contribution in [2.45, 2.75) is 25.8 Å². The lowest BCUT2D eigenvalue weighted by molar-refractivity contribution is -0.131. The minimum absolute atomic E-state index is 0.00549. The average Bonchev–Trinajstić information content (AvgIpc) is 2.79. The van der Waals surface area contributed by atoms with Crippen molar-refractivity contribution in [3.63, 3.8) is 0 Å².